The van der Waals surface area contributed by atoms with E-state index in [0.29, 0.717) is 37.9 Å². The van der Waals surface area contributed by atoms with Crippen LogP contribution in [-0.2, 0) is 32.0 Å². The number of nitrogens with zero attached hydrogens (tertiary/aromatic N) is 1. The number of hydrogen-bond donors (Lipinski definition) is 3. The van der Waals surface area contributed by atoms with Crippen molar-refractivity contribution in [1.29, 1.82) is 0 Å². The van der Waals surface area contributed by atoms with Crippen molar-refractivity contribution < 1.29 is 42.2 Å². The van der Waals surface area contributed by atoms with E-state index < -0.39 is 36.0 Å². The van der Waals surface area contributed by atoms with Gasteiger partial charge in [0.15, 0.2) is 0 Å². The number of carboxylic acids is 1. The Kier molecular flexibility index (Phi) is 14.9. The van der Waals surface area contributed by atoms with E-state index in [4.69, 9.17) is 4.74 Å². The Morgan fingerprint density at radius 1 is 0.956 bits per heavy atom. The van der Waals surface area contributed by atoms with Gasteiger partial charge in [-0.05, 0) is 63.1 Å². The van der Waals surface area contributed by atoms with Gasteiger partial charge in [0.1, 0.15) is 17.8 Å². The number of ether oxygens (including phenoxy) is 1. The van der Waals surface area contributed by atoms with Crippen LogP contribution in [0.15, 0.2) is 54.6 Å². The smallest absolute Gasteiger partial charge is 0.471 e. The maximum absolute atomic E-state index is 13.5. The van der Waals surface area contributed by atoms with E-state index >= 15 is 0 Å². The topological polar surface area (TPSA) is 125 Å². The van der Waals surface area contributed by atoms with Crippen molar-refractivity contribution in [1.82, 2.24) is 15.5 Å². The molecular formula is C33H44F3N3O6. The number of aryl methyl sites for hydroxylation is 1. The Balaban J connectivity index is 1.94. The maximum atomic E-state index is 13.5. The summed E-state index contributed by atoms with van der Waals surface area (Å²) >= 11 is 0. The molecule has 0 aliphatic carbocycles. The first-order valence-corrected chi connectivity index (χ1v) is 15.2. The van der Waals surface area contributed by atoms with E-state index in [1.54, 1.807) is 49.4 Å². The number of hydrogen-bond acceptors (Lipinski definition) is 5. The SMILES string of the molecule is CCC[C@H](CC[C@@H](C)Oc1ccccc1CCCNC(=O)C(F)(F)F)C(=O)N(C)[C@H](C)C(=O)N[C@H](Cc1ccccc1)C(=O)O. The molecule has 0 aliphatic rings. The van der Waals surface area contributed by atoms with Gasteiger partial charge in [0.2, 0.25) is 11.8 Å². The molecule has 0 saturated heterocycles. The predicted octanol–water partition coefficient (Wildman–Crippen LogP) is 4.92. The van der Waals surface area contributed by atoms with Crippen molar-refractivity contribution in [3.63, 3.8) is 0 Å². The number of halogens is 3. The Morgan fingerprint density at radius 2 is 1.60 bits per heavy atom. The lowest BCUT2D eigenvalue weighted by molar-refractivity contribution is -0.173. The lowest BCUT2D eigenvalue weighted by Gasteiger charge is -2.29. The van der Waals surface area contributed by atoms with Gasteiger partial charge in [0.25, 0.3) is 0 Å². The molecule has 0 fully saturated rings. The molecule has 12 heteroatoms. The fraction of sp³-hybridized carbons (Fsp3) is 0.515. The fourth-order valence-corrected chi connectivity index (χ4v) is 4.85. The monoisotopic (exact) mass is 635 g/mol. The predicted molar refractivity (Wildman–Crippen MR) is 163 cm³/mol. The summed E-state index contributed by atoms with van der Waals surface area (Å²) in [5, 5.41) is 14.1. The minimum atomic E-state index is -4.92. The quantitative estimate of drug-likeness (QED) is 0.200. The third kappa shape index (κ3) is 12.4. The van der Waals surface area contributed by atoms with E-state index in [1.807, 2.05) is 31.3 Å². The minimum Gasteiger partial charge on any atom is -0.490 e. The highest BCUT2D eigenvalue weighted by Gasteiger charge is 2.38. The van der Waals surface area contributed by atoms with Crippen LogP contribution in [0.3, 0.4) is 0 Å². The molecule has 248 valence electrons. The van der Waals surface area contributed by atoms with Gasteiger partial charge in [0, 0.05) is 25.9 Å². The number of para-hydroxylation sites is 1. The fourth-order valence-electron chi connectivity index (χ4n) is 4.85. The van der Waals surface area contributed by atoms with Gasteiger partial charge in [0.05, 0.1) is 6.10 Å². The normalized spacial score (nSPS) is 14.0. The van der Waals surface area contributed by atoms with E-state index in [-0.39, 0.29) is 30.9 Å². The van der Waals surface area contributed by atoms with Crippen LogP contribution in [0.4, 0.5) is 13.2 Å². The van der Waals surface area contributed by atoms with Crippen molar-refractivity contribution >= 4 is 23.7 Å². The summed E-state index contributed by atoms with van der Waals surface area (Å²) in [7, 11) is 1.54. The Hall–Kier alpha value is -4.09. The number of amides is 3. The van der Waals surface area contributed by atoms with Crippen LogP contribution in [-0.4, -0.2) is 71.7 Å². The number of carbonyl (C=O) groups is 4. The summed E-state index contributed by atoms with van der Waals surface area (Å²) in [4.78, 5) is 50.6. The number of carboxylic acid groups (broad SMARTS) is 1. The van der Waals surface area contributed by atoms with Gasteiger partial charge >= 0.3 is 18.1 Å². The maximum Gasteiger partial charge on any atom is 0.471 e. The lowest BCUT2D eigenvalue weighted by Crippen LogP contribution is -2.52. The molecule has 2 aromatic rings. The number of nitrogens with one attached hydrogen (secondary N) is 2. The Bertz CT molecular complexity index is 1260. The van der Waals surface area contributed by atoms with Gasteiger partial charge in [-0.2, -0.15) is 13.2 Å². The molecule has 3 N–H and O–H groups in total. The van der Waals surface area contributed by atoms with Crippen molar-refractivity contribution in [3.8, 4) is 5.75 Å². The van der Waals surface area contributed by atoms with Crippen molar-refractivity contribution in [2.75, 3.05) is 13.6 Å². The minimum absolute atomic E-state index is 0.112. The van der Waals surface area contributed by atoms with E-state index in [9.17, 15) is 37.5 Å². The number of benzene rings is 2. The van der Waals surface area contributed by atoms with Crippen molar-refractivity contribution in [2.45, 2.75) is 90.1 Å². The van der Waals surface area contributed by atoms with E-state index in [2.05, 4.69) is 5.32 Å². The molecule has 0 spiro atoms. The highest BCUT2D eigenvalue weighted by Crippen LogP contribution is 2.25. The molecule has 0 unspecified atom stereocenters. The molecular weight excluding hydrogens is 591 g/mol. The highest BCUT2D eigenvalue weighted by atomic mass is 19.4. The molecule has 0 aliphatic heterocycles. The average Bonchev–Trinajstić information content (AvgIpc) is 3.00. The Morgan fingerprint density at radius 3 is 2.22 bits per heavy atom. The van der Waals surface area contributed by atoms with Gasteiger partial charge in [-0.25, -0.2) is 4.79 Å². The summed E-state index contributed by atoms with van der Waals surface area (Å²) in [5.74, 6) is -3.71. The van der Waals surface area contributed by atoms with Gasteiger partial charge in [-0.1, -0.05) is 61.9 Å². The number of likely N-dealkylation sites (N-methyl/N-ethyl adjacent to an activating group) is 1. The number of aliphatic carboxylic acids is 1. The molecule has 0 bridgehead atoms. The summed E-state index contributed by atoms with van der Waals surface area (Å²) in [6.45, 7) is 5.27. The largest absolute Gasteiger partial charge is 0.490 e. The Labute approximate surface area is 262 Å². The number of carbonyl (C=O) groups excluding carboxylic acids is 3. The summed E-state index contributed by atoms with van der Waals surface area (Å²) in [6.07, 6.45) is -2.05. The van der Waals surface area contributed by atoms with Gasteiger partial charge in [-0.15, -0.1) is 0 Å². The van der Waals surface area contributed by atoms with Crippen LogP contribution in [0.2, 0.25) is 0 Å². The number of alkyl halides is 3. The second-order valence-electron chi connectivity index (χ2n) is 11.2. The second kappa shape index (κ2) is 18.0. The summed E-state index contributed by atoms with van der Waals surface area (Å²) in [6, 6.07) is 14.1. The third-order valence-electron chi connectivity index (χ3n) is 7.58. The molecule has 2 aromatic carbocycles. The van der Waals surface area contributed by atoms with Crippen LogP contribution in [0.1, 0.15) is 64.0 Å². The molecule has 0 radical (unpaired) electrons. The molecule has 2 rings (SSSR count). The summed E-state index contributed by atoms with van der Waals surface area (Å²) < 4.78 is 43.3. The number of rotatable bonds is 18. The first-order valence-electron chi connectivity index (χ1n) is 15.2. The first kappa shape index (κ1) is 37.1. The molecule has 0 heterocycles. The molecule has 4 atom stereocenters. The zero-order valence-electron chi connectivity index (χ0n) is 26.2. The zero-order valence-corrected chi connectivity index (χ0v) is 26.2. The lowest BCUT2D eigenvalue weighted by atomic mass is 9.94. The molecule has 9 nitrogen and oxygen atoms in total. The van der Waals surface area contributed by atoms with Crippen LogP contribution in [0.5, 0.6) is 5.75 Å². The molecule has 3 amide bonds. The van der Waals surface area contributed by atoms with Crippen LogP contribution in [0.25, 0.3) is 0 Å². The zero-order chi connectivity index (χ0) is 33.6. The standard InChI is InChI=1S/C33H44F3N3O6/c1-5-12-26(30(41)39(4)23(3)29(40)38-27(31(42)43)21-24-13-7-6-8-14-24)19-18-22(2)45-28-17-10-9-15-25(28)16-11-20-37-32(44)33(34,35)36/h6-10,13-15,17,22-23,26-27H,5,11-12,16,18-21H2,1-4H3,(H,37,44)(H,38,40)(H,42,43)/t22-,23-,26-,27-/m1/s1. The van der Waals surface area contributed by atoms with E-state index in [0.717, 1.165) is 17.5 Å². The molecule has 0 saturated carbocycles. The van der Waals surface area contributed by atoms with Crippen LogP contribution >= 0.6 is 0 Å². The third-order valence-corrected chi connectivity index (χ3v) is 7.58. The molecule has 45 heavy (non-hydrogen) atoms. The van der Waals surface area contributed by atoms with Crippen LogP contribution in [0, 0.1) is 5.92 Å². The van der Waals surface area contributed by atoms with Gasteiger partial charge < -0.3 is 25.4 Å². The van der Waals surface area contributed by atoms with Gasteiger partial charge in [-0.3, -0.25) is 14.4 Å². The van der Waals surface area contributed by atoms with E-state index in [1.165, 1.54) is 11.9 Å². The highest BCUT2D eigenvalue weighted by molar-refractivity contribution is 5.90. The molecule has 0 aromatic heterocycles. The first-order chi connectivity index (χ1) is 21.2. The second-order valence-corrected chi connectivity index (χ2v) is 11.2. The summed E-state index contributed by atoms with van der Waals surface area (Å²) in [5.41, 5.74) is 1.55. The average molecular weight is 636 g/mol. The van der Waals surface area contributed by atoms with Crippen LogP contribution < -0.4 is 15.4 Å². The van der Waals surface area contributed by atoms with Crippen molar-refractivity contribution in [3.05, 3.63) is 65.7 Å². The van der Waals surface area contributed by atoms with Crippen molar-refractivity contribution in [2.24, 2.45) is 5.92 Å².